The number of hydrogen-bond donors (Lipinski definition) is 0. The van der Waals surface area contributed by atoms with Crippen LogP contribution in [0.15, 0.2) is 60.8 Å². The van der Waals surface area contributed by atoms with Gasteiger partial charge in [-0.25, -0.2) is 0 Å². The van der Waals surface area contributed by atoms with Crippen LogP contribution in [-0.2, 0) is 4.79 Å². The van der Waals surface area contributed by atoms with Crippen molar-refractivity contribution in [3.63, 3.8) is 0 Å². The van der Waals surface area contributed by atoms with E-state index in [1.54, 1.807) is 0 Å². The summed E-state index contributed by atoms with van der Waals surface area (Å²) >= 11 is 0. The lowest BCUT2D eigenvalue weighted by Gasteiger charge is -2.22. The molecule has 23 heavy (non-hydrogen) atoms. The summed E-state index contributed by atoms with van der Waals surface area (Å²) in [5.41, 5.74) is 3.36. The Bertz CT molecular complexity index is 486. The molecule has 0 saturated carbocycles. The first-order valence-corrected chi connectivity index (χ1v) is 8.60. The van der Waals surface area contributed by atoms with Gasteiger partial charge in [0.15, 0.2) is 5.78 Å². The molecule has 0 aromatic heterocycles. The van der Waals surface area contributed by atoms with E-state index in [2.05, 4.69) is 46.6 Å². The molecule has 0 radical (unpaired) electrons. The van der Waals surface area contributed by atoms with Crippen molar-refractivity contribution >= 4 is 5.78 Å². The summed E-state index contributed by atoms with van der Waals surface area (Å²) in [7, 11) is 0. The Morgan fingerprint density at radius 3 is 2.30 bits per heavy atom. The van der Waals surface area contributed by atoms with Crippen LogP contribution in [0.3, 0.4) is 0 Å². The molecule has 0 unspecified atom stereocenters. The summed E-state index contributed by atoms with van der Waals surface area (Å²) in [5, 5.41) is 0. The highest BCUT2D eigenvalue weighted by molar-refractivity contribution is 6.05. The molecule has 0 aliphatic carbocycles. The molecule has 0 heterocycles. The predicted octanol–water partition coefficient (Wildman–Crippen LogP) is 6.74. The monoisotopic (exact) mass is 314 g/mol. The topological polar surface area (TPSA) is 17.1 Å². The Kier molecular flexibility index (Phi) is 10.2. The van der Waals surface area contributed by atoms with Crippen molar-refractivity contribution in [2.45, 2.75) is 66.2 Å². The molecule has 0 saturated heterocycles. The van der Waals surface area contributed by atoms with E-state index in [9.17, 15) is 4.79 Å². The molecule has 0 bridgehead atoms. The summed E-state index contributed by atoms with van der Waals surface area (Å²) in [4.78, 5) is 11.5. The molecule has 0 aliphatic heterocycles. The minimum atomic E-state index is -0.111. The van der Waals surface area contributed by atoms with Gasteiger partial charge in [0.2, 0.25) is 0 Å². The van der Waals surface area contributed by atoms with Crippen molar-refractivity contribution in [3.05, 3.63) is 60.8 Å². The van der Waals surface area contributed by atoms with E-state index in [1.165, 1.54) is 30.9 Å². The molecule has 0 atom stereocenters. The van der Waals surface area contributed by atoms with Crippen molar-refractivity contribution in [1.82, 2.24) is 0 Å². The van der Waals surface area contributed by atoms with E-state index < -0.39 is 0 Å². The molecular formula is C22H34O. The lowest BCUT2D eigenvalue weighted by molar-refractivity contribution is -0.111. The smallest absolute Gasteiger partial charge is 0.184 e. The van der Waals surface area contributed by atoms with E-state index in [0.717, 1.165) is 24.8 Å². The Labute approximate surface area is 143 Å². The third-order valence-electron chi connectivity index (χ3n) is 4.09. The third-order valence-corrected chi connectivity index (χ3v) is 4.09. The molecule has 0 aliphatic rings. The van der Waals surface area contributed by atoms with E-state index in [-0.39, 0.29) is 5.78 Å². The quantitative estimate of drug-likeness (QED) is 0.169. The third kappa shape index (κ3) is 9.89. The molecule has 0 aromatic carbocycles. The first-order valence-electron chi connectivity index (χ1n) is 8.60. The van der Waals surface area contributed by atoms with E-state index in [4.69, 9.17) is 0 Å². The van der Waals surface area contributed by atoms with E-state index in [0.29, 0.717) is 11.0 Å². The minimum Gasteiger partial charge on any atom is -0.289 e. The molecule has 0 spiro atoms. The summed E-state index contributed by atoms with van der Waals surface area (Å²) in [6.45, 7) is 19.9. The van der Waals surface area contributed by atoms with Gasteiger partial charge in [0.1, 0.15) is 0 Å². The van der Waals surface area contributed by atoms with Gasteiger partial charge in [-0.15, -0.1) is 6.58 Å². The fraction of sp³-hybridized carbons (Fsp3) is 0.500. The van der Waals surface area contributed by atoms with Crippen molar-refractivity contribution < 1.29 is 4.79 Å². The van der Waals surface area contributed by atoms with Gasteiger partial charge in [0.05, 0.1) is 0 Å². The van der Waals surface area contributed by atoms with Crippen LogP contribution in [0.25, 0.3) is 0 Å². The number of allylic oxidation sites excluding steroid dienone is 7. The average Bonchev–Trinajstić information content (AvgIpc) is 2.49. The molecule has 0 aromatic rings. The van der Waals surface area contributed by atoms with Crippen molar-refractivity contribution in [1.29, 1.82) is 0 Å². The SMILES string of the molecule is C=CCC(C)(C)CCCC/C(=C/C(C)=C\C(=C)C(=O)C=C)CC. The van der Waals surface area contributed by atoms with Gasteiger partial charge in [-0.05, 0) is 56.6 Å². The van der Waals surface area contributed by atoms with Crippen LogP contribution >= 0.6 is 0 Å². The van der Waals surface area contributed by atoms with Crippen LogP contribution in [0.5, 0.6) is 0 Å². The van der Waals surface area contributed by atoms with Crippen LogP contribution in [0, 0.1) is 5.41 Å². The number of unbranched alkanes of at least 4 members (excludes halogenated alkanes) is 1. The Morgan fingerprint density at radius 2 is 1.78 bits per heavy atom. The van der Waals surface area contributed by atoms with Crippen molar-refractivity contribution in [2.24, 2.45) is 5.41 Å². The van der Waals surface area contributed by atoms with Gasteiger partial charge in [-0.2, -0.15) is 0 Å². The van der Waals surface area contributed by atoms with Gasteiger partial charge < -0.3 is 0 Å². The second kappa shape index (κ2) is 11.0. The molecule has 0 fully saturated rings. The standard InChI is InChI=1S/C22H34O/c1-8-14-22(6,7)15-12-11-13-20(9-2)17-18(4)16-19(5)21(23)10-3/h8,10,16-17H,1,3,5,9,11-15H2,2,4,6-7H3/b18-16-,20-17+. The Morgan fingerprint density at radius 1 is 1.13 bits per heavy atom. The number of ketones is 1. The maximum absolute atomic E-state index is 11.5. The van der Waals surface area contributed by atoms with Crippen LogP contribution in [-0.4, -0.2) is 5.78 Å². The highest BCUT2D eigenvalue weighted by Crippen LogP contribution is 2.28. The Hall–Kier alpha value is -1.63. The summed E-state index contributed by atoms with van der Waals surface area (Å²) in [6.07, 6.45) is 14.3. The molecule has 0 amide bonds. The van der Waals surface area contributed by atoms with E-state index >= 15 is 0 Å². The predicted molar refractivity (Wildman–Crippen MR) is 104 cm³/mol. The molecule has 1 nitrogen and oxygen atoms in total. The van der Waals surface area contributed by atoms with Crippen molar-refractivity contribution in [3.8, 4) is 0 Å². The first-order chi connectivity index (χ1) is 10.8. The number of hydrogen-bond acceptors (Lipinski definition) is 1. The summed E-state index contributed by atoms with van der Waals surface area (Å²) < 4.78 is 0. The van der Waals surface area contributed by atoms with Gasteiger partial charge in [-0.1, -0.05) is 63.6 Å². The number of rotatable bonds is 12. The summed E-state index contributed by atoms with van der Waals surface area (Å²) in [5.74, 6) is -0.111. The lowest BCUT2D eigenvalue weighted by atomic mass is 9.83. The molecule has 128 valence electrons. The van der Waals surface area contributed by atoms with Gasteiger partial charge in [-0.3, -0.25) is 4.79 Å². The maximum atomic E-state index is 11.5. The van der Waals surface area contributed by atoms with Gasteiger partial charge in [0, 0.05) is 5.57 Å². The van der Waals surface area contributed by atoms with Crippen LogP contribution in [0.2, 0.25) is 0 Å². The normalized spacial score (nSPS) is 12.9. The second-order valence-corrected chi connectivity index (χ2v) is 7.00. The molecule has 0 rings (SSSR count). The molecule has 1 heteroatoms. The number of carbonyl (C=O) groups excluding carboxylic acids is 1. The highest BCUT2D eigenvalue weighted by Gasteiger charge is 2.14. The zero-order valence-corrected chi connectivity index (χ0v) is 15.6. The van der Waals surface area contributed by atoms with Crippen LogP contribution < -0.4 is 0 Å². The lowest BCUT2D eigenvalue weighted by Crippen LogP contribution is -2.09. The molecular weight excluding hydrogens is 280 g/mol. The minimum absolute atomic E-state index is 0.111. The largest absolute Gasteiger partial charge is 0.289 e. The zero-order chi connectivity index (χ0) is 17.9. The average molecular weight is 315 g/mol. The van der Waals surface area contributed by atoms with Crippen LogP contribution in [0.1, 0.15) is 66.2 Å². The highest BCUT2D eigenvalue weighted by atomic mass is 16.1. The Balaban J connectivity index is 4.51. The van der Waals surface area contributed by atoms with Gasteiger partial charge >= 0.3 is 0 Å². The summed E-state index contributed by atoms with van der Waals surface area (Å²) in [6, 6.07) is 0. The fourth-order valence-corrected chi connectivity index (χ4v) is 2.64. The van der Waals surface area contributed by atoms with Gasteiger partial charge in [0.25, 0.3) is 0 Å². The number of carbonyl (C=O) groups is 1. The second-order valence-electron chi connectivity index (χ2n) is 7.00. The zero-order valence-electron chi connectivity index (χ0n) is 15.6. The van der Waals surface area contributed by atoms with Crippen LogP contribution in [0.4, 0.5) is 0 Å². The molecule has 0 N–H and O–H groups in total. The maximum Gasteiger partial charge on any atom is 0.184 e. The van der Waals surface area contributed by atoms with Crippen molar-refractivity contribution in [2.75, 3.05) is 0 Å². The van der Waals surface area contributed by atoms with E-state index in [1.807, 2.05) is 19.1 Å². The fourth-order valence-electron chi connectivity index (χ4n) is 2.64. The first kappa shape index (κ1) is 21.4.